The zero-order valence-electron chi connectivity index (χ0n) is 19.4. The highest BCUT2D eigenvalue weighted by molar-refractivity contribution is 5.45. The van der Waals surface area contributed by atoms with Crippen molar-refractivity contribution in [2.24, 2.45) is 0 Å². The Labute approximate surface area is 182 Å². The van der Waals surface area contributed by atoms with E-state index in [1.54, 1.807) is 7.11 Å². The molecule has 4 nitrogen and oxygen atoms in total. The molecule has 1 aliphatic rings. The van der Waals surface area contributed by atoms with Crippen molar-refractivity contribution in [1.82, 2.24) is 0 Å². The Morgan fingerprint density at radius 3 is 2.37 bits per heavy atom. The van der Waals surface area contributed by atoms with Crippen LogP contribution in [-0.4, -0.2) is 40.0 Å². The minimum absolute atomic E-state index is 0.0415. The van der Waals surface area contributed by atoms with Crippen molar-refractivity contribution in [1.29, 1.82) is 0 Å². The third kappa shape index (κ3) is 5.35. The molecular formula is C26H39N2O2+. The molecule has 0 radical (unpaired) electrons. The zero-order chi connectivity index (χ0) is 21.6. The molecule has 2 aromatic rings. The Kier molecular flexibility index (Phi) is 7.43. The molecule has 1 aliphatic heterocycles. The van der Waals surface area contributed by atoms with Crippen LogP contribution in [0.3, 0.4) is 0 Å². The summed E-state index contributed by atoms with van der Waals surface area (Å²) in [5.41, 5.74) is 4.18. The van der Waals surface area contributed by atoms with Gasteiger partial charge in [0, 0.05) is 43.8 Å². The van der Waals surface area contributed by atoms with Gasteiger partial charge in [0.1, 0.15) is 12.3 Å². The second-order valence-corrected chi connectivity index (χ2v) is 9.18. The highest BCUT2D eigenvalue weighted by Crippen LogP contribution is 2.45. The van der Waals surface area contributed by atoms with Crippen molar-refractivity contribution in [3.05, 3.63) is 59.7 Å². The maximum atomic E-state index is 6.20. The first kappa shape index (κ1) is 22.6. The van der Waals surface area contributed by atoms with Gasteiger partial charge in [0.2, 0.25) is 0 Å². The number of methoxy groups -OCH3 is 1. The number of hydrogen-bond acceptors (Lipinski definition) is 3. The molecule has 0 spiro atoms. The first-order valence-corrected chi connectivity index (χ1v) is 11.3. The van der Waals surface area contributed by atoms with E-state index in [9.17, 15) is 0 Å². The fourth-order valence-corrected chi connectivity index (χ4v) is 4.70. The number of nitrogens with two attached hydrogens (primary N) is 1. The quantitative estimate of drug-likeness (QED) is 0.631. The molecule has 0 unspecified atom stereocenters. The average Bonchev–Trinajstić information content (AvgIpc) is 2.77. The fourth-order valence-electron chi connectivity index (χ4n) is 4.70. The van der Waals surface area contributed by atoms with Gasteiger partial charge in [-0.15, -0.1) is 0 Å². The van der Waals surface area contributed by atoms with E-state index in [1.165, 1.54) is 16.8 Å². The average molecular weight is 412 g/mol. The van der Waals surface area contributed by atoms with E-state index >= 15 is 0 Å². The van der Waals surface area contributed by atoms with Crippen LogP contribution in [0, 0.1) is 0 Å². The molecule has 0 saturated carbocycles. The van der Waals surface area contributed by atoms with Crippen molar-refractivity contribution in [3.8, 4) is 5.75 Å². The van der Waals surface area contributed by atoms with E-state index in [0.717, 1.165) is 51.1 Å². The number of anilines is 1. The lowest BCUT2D eigenvalue weighted by Crippen LogP contribution is -2.83. The smallest absolute Gasteiger partial charge is 0.118 e. The third-order valence-corrected chi connectivity index (χ3v) is 6.85. The second-order valence-electron chi connectivity index (χ2n) is 9.18. The summed E-state index contributed by atoms with van der Waals surface area (Å²) in [6.07, 6.45) is 4.37. The Hall–Kier alpha value is -2.04. The van der Waals surface area contributed by atoms with Gasteiger partial charge in [-0.05, 0) is 56.0 Å². The van der Waals surface area contributed by atoms with Gasteiger partial charge >= 0.3 is 0 Å². The number of quaternary nitrogens is 1. The molecule has 0 aliphatic carbocycles. The predicted molar refractivity (Wildman–Crippen MR) is 124 cm³/mol. The maximum absolute atomic E-state index is 6.20. The molecule has 164 valence electrons. The summed E-state index contributed by atoms with van der Waals surface area (Å²) in [5.74, 6) is 0.923. The monoisotopic (exact) mass is 411 g/mol. The van der Waals surface area contributed by atoms with Gasteiger partial charge in [0.25, 0.3) is 0 Å². The van der Waals surface area contributed by atoms with Crippen LogP contribution in [0.15, 0.2) is 48.5 Å². The number of ether oxygens (including phenoxy) is 2. The van der Waals surface area contributed by atoms with Crippen LogP contribution in [0.2, 0.25) is 0 Å². The van der Waals surface area contributed by atoms with Crippen molar-refractivity contribution in [3.63, 3.8) is 0 Å². The molecule has 30 heavy (non-hydrogen) atoms. The summed E-state index contributed by atoms with van der Waals surface area (Å²) >= 11 is 0. The van der Waals surface area contributed by atoms with Crippen LogP contribution < -0.4 is 15.0 Å². The normalized spacial score (nSPS) is 23.9. The summed E-state index contributed by atoms with van der Waals surface area (Å²) in [6.45, 7) is 7.49. The number of benzene rings is 2. The van der Waals surface area contributed by atoms with E-state index in [2.05, 4.69) is 86.7 Å². The van der Waals surface area contributed by atoms with Crippen LogP contribution in [0.4, 0.5) is 5.69 Å². The zero-order valence-corrected chi connectivity index (χ0v) is 19.4. The molecule has 4 heteroatoms. The molecule has 0 bridgehead atoms. The first-order valence-electron chi connectivity index (χ1n) is 11.3. The largest absolute Gasteiger partial charge is 0.497 e. The summed E-state index contributed by atoms with van der Waals surface area (Å²) < 4.78 is 11.6. The molecule has 1 fully saturated rings. The van der Waals surface area contributed by atoms with Crippen molar-refractivity contribution in [2.45, 2.75) is 57.1 Å². The van der Waals surface area contributed by atoms with Crippen molar-refractivity contribution < 1.29 is 14.8 Å². The third-order valence-electron chi connectivity index (χ3n) is 6.85. The fraction of sp³-hybridized carbons (Fsp3) is 0.538. The van der Waals surface area contributed by atoms with Gasteiger partial charge in [0.05, 0.1) is 19.3 Å². The van der Waals surface area contributed by atoms with Crippen molar-refractivity contribution >= 4 is 5.69 Å². The van der Waals surface area contributed by atoms with Gasteiger partial charge in [0.15, 0.2) is 0 Å². The highest BCUT2D eigenvalue weighted by atomic mass is 16.5. The van der Waals surface area contributed by atoms with Crippen LogP contribution in [0.25, 0.3) is 0 Å². The standard InChI is InChI=1S/C26H38N2O2/c1-6-25(2)20-26(16-18-30-25,22-9-13-24(29-5)14-10-22)15-17-27-19-21-7-11-23(12-8-21)28(3)4/h7-14,27H,6,15-20H2,1-5H3/p+1/t25-,26-/m0/s1. The van der Waals surface area contributed by atoms with Crippen LogP contribution in [0.1, 0.15) is 50.7 Å². The lowest BCUT2D eigenvalue weighted by molar-refractivity contribution is -0.672. The Balaban J connectivity index is 1.68. The molecule has 2 aromatic carbocycles. The van der Waals surface area contributed by atoms with E-state index in [4.69, 9.17) is 9.47 Å². The minimum atomic E-state index is -0.0415. The maximum Gasteiger partial charge on any atom is 0.118 e. The molecule has 0 aromatic heterocycles. The Morgan fingerprint density at radius 2 is 1.77 bits per heavy atom. The lowest BCUT2D eigenvalue weighted by Gasteiger charge is -2.46. The molecule has 3 rings (SSSR count). The summed E-state index contributed by atoms with van der Waals surface area (Å²) in [5, 5.41) is 2.45. The topological polar surface area (TPSA) is 38.3 Å². The van der Waals surface area contributed by atoms with Gasteiger partial charge in [-0.1, -0.05) is 31.2 Å². The van der Waals surface area contributed by atoms with Crippen LogP contribution in [-0.2, 0) is 16.7 Å². The highest BCUT2D eigenvalue weighted by Gasteiger charge is 2.43. The number of nitrogens with zero attached hydrogens (tertiary/aromatic N) is 1. The van der Waals surface area contributed by atoms with Crippen molar-refractivity contribution in [2.75, 3.05) is 39.3 Å². The summed E-state index contributed by atoms with van der Waals surface area (Å²) in [7, 11) is 5.89. The van der Waals surface area contributed by atoms with Gasteiger partial charge in [-0.2, -0.15) is 0 Å². The summed E-state index contributed by atoms with van der Waals surface area (Å²) in [6, 6.07) is 17.6. The Bertz CT molecular complexity index is 788. The van der Waals surface area contributed by atoms with Gasteiger partial charge in [-0.3, -0.25) is 0 Å². The van der Waals surface area contributed by atoms with Crippen LogP contribution >= 0.6 is 0 Å². The van der Waals surface area contributed by atoms with E-state index in [-0.39, 0.29) is 11.0 Å². The molecule has 1 saturated heterocycles. The van der Waals surface area contributed by atoms with Gasteiger partial charge < -0.3 is 19.7 Å². The summed E-state index contributed by atoms with van der Waals surface area (Å²) in [4.78, 5) is 2.14. The lowest BCUT2D eigenvalue weighted by atomic mass is 9.66. The number of hydrogen-bond donors (Lipinski definition) is 1. The second kappa shape index (κ2) is 9.84. The van der Waals surface area contributed by atoms with E-state index in [0.29, 0.717) is 0 Å². The molecule has 2 N–H and O–H groups in total. The van der Waals surface area contributed by atoms with E-state index < -0.39 is 0 Å². The number of rotatable bonds is 9. The van der Waals surface area contributed by atoms with E-state index in [1.807, 2.05) is 0 Å². The minimum Gasteiger partial charge on any atom is -0.497 e. The van der Waals surface area contributed by atoms with Gasteiger partial charge in [-0.25, -0.2) is 0 Å². The molecule has 0 amide bonds. The molecule has 2 atom stereocenters. The predicted octanol–water partition coefficient (Wildman–Crippen LogP) is 4.13. The SMILES string of the molecule is CC[C@@]1(C)C[C@@](CC[NH2+]Cc2ccc(N(C)C)cc2)(c2ccc(OC)cc2)CCO1. The Morgan fingerprint density at radius 1 is 1.07 bits per heavy atom. The first-order chi connectivity index (χ1) is 14.4. The molecular weight excluding hydrogens is 372 g/mol. The van der Waals surface area contributed by atoms with Crippen LogP contribution in [0.5, 0.6) is 5.75 Å². The molecule has 1 heterocycles.